The number of ether oxygens (including phenoxy) is 6. The summed E-state index contributed by atoms with van der Waals surface area (Å²) in [5.74, 6) is 2.41. The van der Waals surface area contributed by atoms with Crippen molar-refractivity contribution in [3.63, 3.8) is 0 Å². The highest BCUT2D eigenvalue weighted by Crippen LogP contribution is 2.53. The largest absolute Gasteiger partial charge is 0.493 e. The van der Waals surface area contributed by atoms with Gasteiger partial charge in [-0.15, -0.1) is 0 Å². The highest BCUT2D eigenvalue weighted by atomic mass is 16.7. The molecule has 0 radical (unpaired) electrons. The van der Waals surface area contributed by atoms with Gasteiger partial charge in [0.25, 0.3) is 0 Å². The van der Waals surface area contributed by atoms with Crippen molar-refractivity contribution in [2.24, 2.45) is 11.8 Å². The van der Waals surface area contributed by atoms with Crippen molar-refractivity contribution in [3.05, 3.63) is 17.7 Å². The standard InChI is InChI=1S/C21H27NO7/c1-24-17-6-12(7-18(25-2)20(17)26-3)19-14-8-16-15(28-10-29-16)5-11(14)4-13-9-27-21(23)22(13)19/h6-7,11,13-16,19H,4-5,8-10H2,1-3H3/t11?,13-,14?,15?,16?,19-/m0/s1. The zero-order valence-corrected chi connectivity index (χ0v) is 17.0. The number of piperidine rings is 1. The summed E-state index contributed by atoms with van der Waals surface area (Å²) in [7, 11) is 4.79. The molecule has 0 spiro atoms. The molecule has 0 bridgehead atoms. The molecule has 3 aliphatic heterocycles. The van der Waals surface area contributed by atoms with Crippen molar-refractivity contribution >= 4 is 6.09 Å². The van der Waals surface area contributed by atoms with E-state index in [0.717, 1.165) is 24.8 Å². The molecule has 1 amide bonds. The van der Waals surface area contributed by atoms with Crippen molar-refractivity contribution in [3.8, 4) is 17.2 Å². The van der Waals surface area contributed by atoms with Crippen molar-refractivity contribution in [2.75, 3.05) is 34.7 Å². The molecular formula is C21H27NO7. The number of hydrogen-bond acceptors (Lipinski definition) is 7. The third kappa shape index (κ3) is 2.92. The summed E-state index contributed by atoms with van der Waals surface area (Å²) in [5.41, 5.74) is 0.968. The summed E-state index contributed by atoms with van der Waals surface area (Å²) in [5, 5.41) is 0. The Kier molecular flexibility index (Phi) is 4.70. The lowest BCUT2D eigenvalue weighted by Gasteiger charge is -2.50. The van der Waals surface area contributed by atoms with Crippen molar-refractivity contribution in [1.82, 2.24) is 4.90 Å². The van der Waals surface area contributed by atoms with E-state index in [1.165, 1.54) is 0 Å². The average molecular weight is 405 g/mol. The minimum absolute atomic E-state index is 0.0757. The molecular weight excluding hydrogens is 378 g/mol. The topological polar surface area (TPSA) is 75.7 Å². The number of methoxy groups -OCH3 is 3. The summed E-state index contributed by atoms with van der Waals surface area (Å²) in [6, 6.07) is 3.85. The second kappa shape index (κ2) is 7.25. The van der Waals surface area contributed by atoms with E-state index in [1.807, 2.05) is 17.0 Å². The van der Waals surface area contributed by atoms with Crippen LogP contribution in [0.25, 0.3) is 0 Å². The van der Waals surface area contributed by atoms with Gasteiger partial charge < -0.3 is 28.4 Å². The van der Waals surface area contributed by atoms with E-state index in [9.17, 15) is 4.79 Å². The Morgan fingerprint density at radius 3 is 2.31 bits per heavy atom. The molecule has 4 unspecified atom stereocenters. The maximum atomic E-state index is 12.7. The maximum Gasteiger partial charge on any atom is 0.410 e. The van der Waals surface area contributed by atoms with Crippen LogP contribution in [0.15, 0.2) is 12.1 Å². The molecule has 1 aromatic rings. The first-order valence-corrected chi connectivity index (χ1v) is 10.1. The number of rotatable bonds is 4. The van der Waals surface area contributed by atoms with Crippen LogP contribution in [-0.4, -0.2) is 64.0 Å². The van der Waals surface area contributed by atoms with Gasteiger partial charge in [-0.1, -0.05) is 0 Å². The van der Waals surface area contributed by atoms with E-state index in [1.54, 1.807) is 21.3 Å². The van der Waals surface area contributed by atoms with Crippen LogP contribution in [0.4, 0.5) is 4.79 Å². The van der Waals surface area contributed by atoms with Gasteiger partial charge >= 0.3 is 6.09 Å². The van der Waals surface area contributed by atoms with E-state index < -0.39 is 0 Å². The van der Waals surface area contributed by atoms with E-state index in [-0.39, 0.29) is 36.3 Å². The number of amides is 1. The highest BCUT2D eigenvalue weighted by molar-refractivity contribution is 5.71. The maximum absolute atomic E-state index is 12.7. The summed E-state index contributed by atoms with van der Waals surface area (Å²) in [4.78, 5) is 14.6. The second-order valence-corrected chi connectivity index (χ2v) is 8.20. The van der Waals surface area contributed by atoms with Crippen LogP contribution < -0.4 is 14.2 Å². The van der Waals surface area contributed by atoms with Gasteiger partial charge in [-0.05, 0) is 48.8 Å². The number of benzene rings is 1. The molecule has 4 fully saturated rings. The van der Waals surface area contributed by atoms with Gasteiger partial charge in [0.2, 0.25) is 5.75 Å². The van der Waals surface area contributed by atoms with E-state index in [0.29, 0.717) is 36.6 Å². The molecule has 0 aromatic heterocycles. The van der Waals surface area contributed by atoms with Gasteiger partial charge in [0.1, 0.15) is 13.4 Å². The quantitative estimate of drug-likeness (QED) is 0.762. The van der Waals surface area contributed by atoms with E-state index in [2.05, 4.69) is 0 Å². The third-order valence-corrected chi connectivity index (χ3v) is 6.94. The first kappa shape index (κ1) is 18.8. The fourth-order valence-electron chi connectivity index (χ4n) is 5.69. The molecule has 1 saturated carbocycles. The molecule has 1 aromatic carbocycles. The Hall–Kier alpha value is -2.19. The molecule has 4 aliphatic rings. The summed E-state index contributed by atoms with van der Waals surface area (Å²) >= 11 is 0. The van der Waals surface area contributed by atoms with Gasteiger partial charge in [0, 0.05) is 0 Å². The molecule has 0 N–H and O–H groups in total. The lowest BCUT2D eigenvalue weighted by atomic mass is 9.66. The fourth-order valence-corrected chi connectivity index (χ4v) is 5.69. The zero-order valence-electron chi connectivity index (χ0n) is 17.0. The molecule has 3 saturated heterocycles. The smallest absolute Gasteiger partial charge is 0.410 e. The van der Waals surface area contributed by atoms with Gasteiger partial charge in [0.05, 0.1) is 45.6 Å². The van der Waals surface area contributed by atoms with Crippen LogP contribution >= 0.6 is 0 Å². The van der Waals surface area contributed by atoms with E-state index >= 15 is 0 Å². The number of carbonyl (C=O) groups excluding carboxylic acids is 1. The Balaban J connectivity index is 1.59. The number of cyclic esters (lactones) is 1. The van der Waals surface area contributed by atoms with E-state index in [4.69, 9.17) is 28.4 Å². The van der Waals surface area contributed by atoms with Crippen LogP contribution in [0.3, 0.4) is 0 Å². The molecule has 5 rings (SSSR count). The van der Waals surface area contributed by atoms with Crippen LogP contribution in [0.5, 0.6) is 17.2 Å². The predicted octanol–water partition coefficient (Wildman–Crippen LogP) is 2.75. The van der Waals surface area contributed by atoms with Gasteiger partial charge in [-0.25, -0.2) is 4.79 Å². The summed E-state index contributed by atoms with van der Waals surface area (Å²) < 4.78 is 33.7. The Morgan fingerprint density at radius 2 is 1.66 bits per heavy atom. The minimum Gasteiger partial charge on any atom is -0.493 e. The van der Waals surface area contributed by atoms with Crippen LogP contribution in [-0.2, 0) is 14.2 Å². The zero-order chi connectivity index (χ0) is 20.1. The monoisotopic (exact) mass is 405 g/mol. The Morgan fingerprint density at radius 1 is 0.966 bits per heavy atom. The van der Waals surface area contributed by atoms with Crippen LogP contribution in [0, 0.1) is 11.8 Å². The second-order valence-electron chi connectivity index (χ2n) is 8.20. The van der Waals surface area contributed by atoms with Gasteiger partial charge in [0.15, 0.2) is 11.5 Å². The third-order valence-electron chi connectivity index (χ3n) is 6.94. The molecule has 1 aliphatic carbocycles. The number of nitrogens with zero attached hydrogens (tertiary/aromatic N) is 1. The van der Waals surface area contributed by atoms with Crippen molar-refractivity contribution in [2.45, 2.75) is 43.6 Å². The number of hydrogen-bond donors (Lipinski definition) is 0. The minimum atomic E-state index is -0.252. The molecule has 158 valence electrons. The lowest BCUT2D eigenvalue weighted by molar-refractivity contribution is -0.0334. The van der Waals surface area contributed by atoms with Crippen LogP contribution in [0.1, 0.15) is 30.9 Å². The highest BCUT2D eigenvalue weighted by Gasteiger charge is 2.54. The average Bonchev–Trinajstić information content (AvgIpc) is 3.35. The SMILES string of the molecule is COc1cc([C@H]2C3CC4OCOC4CC3C[C@H]3COC(=O)N32)cc(OC)c1OC. The normalized spacial score (nSPS) is 35.4. The molecule has 8 nitrogen and oxygen atoms in total. The predicted molar refractivity (Wildman–Crippen MR) is 101 cm³/mol. The van der Waals surface area contributed by atoms with Crippen molar-refractivity contribution in [1.29, 1.82) is 0 Å². The first-order valence-electron chi connectivity index (χ1n) is 10.1. The number of carbonyl (C=O) groups is 1. The molecule has 29 heavy (non-hydrogen) atoms. The Labute approximate surface area is 169 Å². The number of fused-ring (bicyclic) bond motifs is 3. The molecule has 3 heterocycles. The van der Waals surface area contributed by atoms with Gasteiger partial charge in [-0.2, -0.15) is 0 Å². The molecule has 6 atom stereocenters. The van der Waals surface area contributed by atoms with Crippen molar-refractivity contribution < 1.29 is 33.2 Å². The lowest BCUT2D eigenvalue weighted by Crippen LogP contribution is -2.52. The summed E-state index contributed by atoms with van der Waals surface area (Å²) in [6.07, 6.45) is 2.72. The van der Waals surface area contributed by atoms with Crippen LogP contribution in [0.2, 0.25) is 0 Å². The first-order chi connectivity index (χ1) is 14.1. The molecule has 8 heteroatoms. The Bertz CT molecular complexity index is 774. The van der Waals surface area contributed by atoms with Gasteiger partial charge in [-0.3, -0.25) is 4.90 Å². The fraction of sp³-hybridized carbons (Fsp3) is 0.667. The summed E-state index contributed by atoms with van der Waals surface area (Å²) in [6.45, 7) is 0.799.